The zero-order valence-electron chi connectivity index (χ0n) is 13.1. The number of thioether (sulfide) groups is 1. The molecule has 3 heteroatoms. The van der Waals surface area contributed by atoms with Crippen LogP contribution in [0.15, 0.2) is 0 Å². The minimum Gasteiger partial charge on any atom is -0.311 e. The molecule has 2 unspecified atom stereocenters. The van der Waals surface area contributed by atoms with E-state index in [1.807, 2.05) is 11.8 Å². The van der Waals surface area contributed by atoms with Crippen molar-refractivity contribution in [1.29, 1.82) is 0 Å². The van der Waals surface area contributed by atoms with Crippen LogP contribution in [0, 0.1) is 5.92 Å². The van der Waals surface area contributed by atoms with Crippen molar-refractivity contribution in [1.82, 2.24) is 10.2 Å². The van der Waals surface area contributed by atoms with E-state index in [0.717, 1.165) is 12.0 Å². The molecule has 0 aromatic rings. The summed E-state index contributed by atoms with van der Waals surface area (Å²) in [5.41, 5.74) is 0. The highest BCUT2D eigenvalue weighted by Gasteiger charge is 2.30. The number of piperazine rings is 1. The van der Waals surface area contributed by atoms with E-state index in [-0.39, 0.29) is 0 Å². The van der Waals surface area contributed by atoms with Gasteiger partial charge in [-0.15, -0.1) is 0 Å². The summed E-state index contributed by atoms with van der Waals surface area (Å²) < 4.78 is 0.368. The van der Waals surface area contributed by atoms with Gasteiger partial charge in [-0.1, -0.05) is 20.8 Å². The zero-order valence-corrected chi connectivity index (χ0v) is 13.9. The maximum atomic E-state index is 3.74. The molecular formula is C15H32N2S. The Balaban J connectivity index is 2.59. The topological polar surface area (TPSA) is 15.3 Å². The summed E-state index contributed by atoms with van der Waals surface area (Å²) in [6.45, 7) is 15.3. The van der Waals surface area contributed by atoms with Gasteiger partial charge >= 0.3 is 0 Å². The molecule has 0 aromatic heterocycles. The summed E-state index contributed by atoms with van der Waals surface area (Å²) in [5.74, 6) is 0.788. The van der Waals surface area contributed by atoms with Gasteiger partial charge in [0, 0.05) is 36.5 Å². The molecule has 0 spiro atoms. The van der Waals surface area contributed by atoms with Crippen LogP contribution in [0.25, 0.3) is 0 Å². The molecule has 0 aliphatic carbocycles. The maximum absolute atomic E-state index is 3.74. The molecular weight excluding hydrogens is 240 g/mol. The molecule has 1 aliphatic rings. The molecule has 1 rings (SSSR count). The fraction of sp³-hybridized carbons (Fsp3) is 1.00. The van der Waals surface area contributed by atoms with E-state index >= 15 is 0 Å². The molecule has 108 valence electrons. The van der Waals surface area contributed by atoms with Crippen molar-refractivity contribution < 1.29 is 0 Å². The minimum atomic E-state index is 0.368. The smallest absolute Gasteiger partial charge is 0.0228 e. The van der Waals surface area contributed by atoms with Crippen LogP contribution < -0.4 is 5.32 Å². The summed E-state index contributed by atoms with van der Waals surface area (Å²) in [6.07, 6.45) is 4.78. The lowest BCUT2D eigenvalue weighted by Crippen LogP contribution is -2.58. The Morgan fingerprint density at radius 2 is 2.06 bits per heavy atom. The molecule has 1 saturated heterocycles. The summed E-state index contributed by atoms with van der Waals surface area (Å²) in [7, 11) is 0. The van der Waals surface area contributed by atoms with Crippen LogP contribution in [-0.2, 0) is 0 Å². The Morgan fingerprint density at radius 1 is 1.39 bits per heavy atom. The maximum Gasteiger partial charge on any atom is 0.0228 e. The lowest BCUT2D eigenvalue weighted by atomic mass is 9.98. The Bertz CT molecular complexity index is 241. The van der Waals surface area contributed by atoms with Gasteiger partial charge in [-0.05, 0) is 38.9 Å². The molecule has 2 atom stereocenters. The van der Waals surface area contributed by atoms with Gasteiger partial charge in [0.25, 0.3) is 0 Å². The summed E-state index contributed by atoms with van der Waals surface area (Å²) in [6, 6.07) is 1.41. The summed E-state index contributed by atoms with van der Waals surface area (Å²) in [5, 5.41) is 3.74. The Hall–Kier alpha value is 0.270. The fourth-order valence-electron chi connectivity index (χ4n) is 2.81. The van der Waals surface area contributed by atoms with Crippen molar-refractivity contribution in [2.45, 2.75) is 64.3 Å². The average Bonchev–Trinajstić information content (AvgIpc) is 2.28. The van der Waals surface area contributed by atoms with Crippen LogP contribution in [0.3, 0.4) is 0 Å². The van der Waals surface area contributed by atoms with Crippen molar-refractivity contribution >= 4 is 11.8 Å². The molecule has 1 heterocycles. The second-order valence-electron chi connectivity index (χ2n) is 6.69. The van der Waals surface area contributed by atoms with Crippen molar-refractivity contribution in [3.05, 3.63) is 0 Å². The highest BCUT2D eigenvalue weighted by atomic mass is 32.2. The monoisotopic (exact) mass is 272 g/mol. The van der Waals surface area contributed by atoms with Gasteiger partial charge in [0.15, 0.2) is 0 Å². The van der Waals surface area contributed by atoms with E-state index < -0.39 is 0 Å². The SMILES string of the molecule is CCC1CNC(CC(C)C)CN1CC(C)(C)SC. The van der Waals surface area contributed by atoms with Crippen LogP contribution in [-0.4, -0.2) is 47.6 Å². The molecule has 0 bridgehead atoms. The number of rotatable bonds is 6. The van der Waals surface area contributed by atoms with Gasteiger partial charge in [0.05, 0.1) is 0 Å². The third-order valence-electron chi connectivity index (χ3n) is 3.98. The molecule has 18 heavy (non-hydrogen) atoms. The Labute approximate surface area is 118 Å². The highest BCUT2D eigenvalue weighted by molar-refractivity contribution is 7.99. The van der Waals surface area contributed by atoms with Crippen LogP contribution >= 0.6 is 11.8 Å². The van der Waals surface area contributed by atoms with Crippen LogP contribution in [0.4, 0.5) is 0 Å². The third kappa shape index (κ3) is 5.10. The van der Waals surface area contributed by atoms with E-state index in [9.17, 15) is 0 Å². The largest absolute Gasteiger partial charge is 0.311 e. The van der Waals surface area contributed by atoms with Crippen molar-refractivity contribution in [2.75, 3.05) is 25.9 Å². The van der Waals surface area contributed by atoms with E-state index in [4.69, 9.17) is 0 Å². The molecule has 0 radical (unpaired) electrons. The van der Waals surface area contributed by atoms with E-state index in [0.29, 0.717) is 10.8 Å². The lowest BCUT2D eigenvalue weighted by Gasteiger charge is -2.43. The summed E-state index contributed by atoms with van der Waals surface area (Å²) in [4.78, 5) is 2.72. The number of hydrogen-bond acceptors (Lipinski definition) is 3. The first-order valence-corrected chi connectivity index (χ1v) is 8.63. The molecule has 2 nitrogen and oxygen atoms in total. The number of nitrogens with zero attached hydrogens (tertiary/aromatic N) is 1. The zero-order chi connectivity index (χ0) is 13.8. The minimum absolute atomic E-state index is 0.368. The van der Waals surface area contributed by atoms with Crippen molar-refractivity contribution in [3.8, 4) is 0 Å². The number of hydrogen-bond donors (Lipinski definition) is 1. The Morgan fingerprint density at radius 3 is 2.56 bits per heavy atom. The van der Waals surface area contributed by atoms with Gasteiger partial charge in [-0.25, -0.2) is 0 Å². The van der Waals surface area contributed by atoms with Gasteiger partial charge in [0.1, 0.15) is 0 Å². The third-order valence-corrected chi connectivity index (χ3v) is 5.21. The van der Waals surface area contributed by atoms with Crippen LogP contribution in [0.1, 0.15) is 47.5 Å². The Kier molecular flexibility index (Phi) is 6.49. The predicted octanol–water partition coefficient (Wildman–Crippen LogP) is 3.23. The van der Waals surface area contributed by atoms with Crippen molar-refractivity contribution in [3.63, 3.8) is 0 Å². The van der Waals surface area contributed by atoms with Crippen molar-refractivity contribution in [2.24, 2.45) is 5.92 Å². The average molecular weight is 273 g/mol. The number of nitrogens with one attached hydrogen (secondary N) is 1. The van der Waals surface area contributed by atoms with Crippen LogP contribution in [0.2, 0.25) is 0 Å². The van der Waals surface area contributed by atoms with E-state index in [2.05, 4.69) is 51.1 Å². The molecule has 1 aliphatic heterocycles. The second kappa shape index (κ2) is 7.16. The molecule has 0 amide bonds. The highest BCUT2D eigenvalue weighted by Crippen LogP contribution is 2.25. The molecule has 1 N–H and O–H groups in total. The lowest BCUT2D eigenvalue weighted by molar-refractivity contribution is 0.111. The van der Waals surface area contributed by atoms with Crippen LogP contribution in [0.5, 0.6) is 0 Å². The predicted molar refractivity (Wildman–Crippen MR) is 84.5 cm³/mol. The first kappa shape index (κ1) is 16.3. The molecule has 1 fully saturated rings. The summed E-state index contributed by atoms with van der Waals surface area (Å²) >= 11 is 1.99. The second-order valence-corrected chi connectivity index (χ2v) is 8.20. The van der Waals surface area contributed by atoms with E-state index in [1.165, 1.54) is 32.5 Å². The first-order valence-electron chi connectivity index (χ1n) is 7.40. The molecule has 0 aromatic carbocycles. The van der Waals surface area contributed by atoms with Gasteiger partial charge in [-0.3, -0.25) is 4.90 Å². The van der Waals surface area contributed by atoms with Gasteiger partial charge < -0.3 is 5.32 Å². The van der Waals surface area contributed by atoms with E-state index in [1.54, 1.807) is 0 Å². The first-order chi connectivity index (χ1) is 8.38. The standard InChI is InChI=1S/C15H32N2S/c1-7-14-9-16-13(8-12(2)3)10-17(14)11-15(4,5)18-6/h12-14,16H,7-11H2,1-6H3. The van der Waals surface area contributed by atoms with Gasteiger partial charge in [-0.2, -0.15) is 11.8 Å². The normalized spacial score (nSPS) is 26.8. The quantitative estimate of drug-likeness (QED) is 0.799. The van der Waals surface area contributed by atoms with Gasteiger partial charge in [0.2, 0.25) is 0 Å². The fourth-order valence-corrected chi connectivity index (χ4v) is 3.10. The molecule has 0 saturated carbocycles.